The summed E-state index contributed by atoms with van der Waals surface area (Å²) in [5.41, 5.74) is 2.18. The summed E-state index contributed by atoms with van der Waals surface area (Å²) < 4.78 is 0. The van der Waals surface area contributed by atoms with E-state index in [9.17, 15) is 4.79 Å². The fourth-order valence-electron chi connectivity index (χ4n) is 3.82. The van der Waals surface area contributed by atoms with Gasteiger partial charge in [0, 0.05) is 5.41 Å². The SMILES string of the molecule is CC1(C)[C@H]2CC[C@]1(C)C(=O)/C2=C/c1ccccc1. The maximum atomic E-state index is 12.6. The van der Waals surface area contributed by atoms with Crippen LogP contribution in [0.3, 0.4) is 0 Å². The molecule has 2 fully saturated rings. The highest BCUT2D eigenvalue weighted by molar-refractivity contribution is 6.07. The summed E-state index contributed by atoms with van der Waals surface area (Å²) in [5.74, 6) is 0.822. The molecule has 0 aromatic heterocycles. The summed E-state index contributed by atoms with van der Waals surface area (Å²) in [4.78, 5) is 12.6. The normalized spacial score (nSPS) is 35.4. The smallest absolute Gasteiger partial charge is 0.165 e. The molecule has 1 nitrogen and oxygen atoms in total. The largest absolute Gasteiger partial charge is 0.294 e. The van der Waals surface area contributed by atoms with E-state index in [1.807, 2.05) is 18.2 Å². The van der Waals surface area contributed by atoms with Gasteiger partial charge >= 0.3 is 0 Å². The van der Waals surface area contributed by atoms with Gasteiger partial charge in [0.2, 0.25) is 0 Å². The van der Waals surface area contributed by atoms with Crippen molar-refractivity contribution >= 4 is 11.9 Å². The van der Waals surface area contributed by atoms with Crippen molar-refractivity contribution < 1.29 is 4.79 Å². The van der Waals surface area contributed by atoms with E-state index >= 15 is 0 Å². The third-order valence-corrected chi connectivity index (χ3v) is 5.49. The number of fused-ring (bicyclic) bond motifs is 2. The lowest BCUT2D eigenvalue weighted by atomic mass is 9.70. The van der Waals surface area contributed by atoms with E-state index in [0.29, 0.717) is 11.7 Å². The predicted octanol–water partition coefficient (Wildman–Crippen LogP) is 4.10. The zero-order valence-electron chi connectivity index (χ0n) is 11.4. The molecule has 0 spiro atoms. The van der Waals surface area contributed by atoms with Crippen molar-refractivity contribution in [3.05, 3.63) is 41.5 Å². The summed E-state index contributed by atoms with van der Waals surface area (Å²) in [7, 11) is 0. The Morgan fingerprint density at radius 1 is 1.17 bits per heavy atom. The van der Waals surface area contributed by atoms with Crippen LogP contribution in [0.15, 0.2) is 35.9 Å². The number of allylic oxidation sites excluding steroid dienone is 1. The molecule has 0 heterocycles. The minimum absolute atomic E-state index is 0.116. The summed E-state index contributed by atoms with van der Waals surface area (Å²) in [6.07, 6.45) is 4.32. The Balaban J connectivity index is 2.07. The number of carbonyl (C=O) groups is 1. The Morgan fingerprint density at radius 3 is 2.39 bits per heavy atom. The molecule has 0 saturated heterocycles. The maximum Gasteiger partial charge on any atom is 0.165 e. The summed E-state index contributed by atoms with van der Waals surface area (Å²) in [5, 5.41) is 0. The Morgan fingerprint density at radius 2 is 1.83 bits per heavy atom. The minimum Gasteiger partial charge on any atom is -0.294 e. The lowest BCUT2D eigenvalue weighted by molar-refractivity contribution is -0.125. The van der Waals surface area contributed by atoms with Gasteiger partial charge in [0.25, 0.3) is 0 Å². The van der Waals surface area contributed by atoms with Crippen molar-refractivity contribution in [3.8, 4) is 0 Å². The quantitative estimate of drug-likeness (QED) is 0.675. The van der Waals surface area contributed by atoms with Crippen LogP contribution in [0.1, 0.15) is 39.2 Å². The van der Waals surface area contributed by atoms with Gasteiger partial charge in [-0.15, -0.1) is 0 Å². The second-order valence-corrected chi connectivity index (χ2v) is 6.48. The molecule has 1 heteroatoms. The second kappa shape index (κ2) is 3.57. The average Bonchev–Trinajstić information content (AvgIpc) is 2.65. The fourth-order valence-corrected chi connectivity index (χ4v) is 3.82. The third-order valence-electron chi connectivity index (χ3n) is 5.49. The average molecular weight is 240 g/mol. The monoisotopic (exact) mass is 240 g/mol. The van der Waals surface area contributed by atoms with Gasteiger partial charge in [0.05, 0.1) is 0 Å². The lowest BCUT2D eigenvalue weighted by Gasteiger charge is -2.31. The number of benzene rings is 1. The Kier molecular flexibility index (Phi) is 2.32. The van der Waals surface area contributed by atoms with Crippen LogP contribution in [0.25, 0.3) is 6.08 Å². The molecule has 0 N–H and O–H groups in total. The number of hydrogen-bond acceptors (Lipinski definition) is 1. The number of ketones is 1. The number of hydrogen-bond donors (Lipinski definition) is 0. The minimum atomic E-state index is -0.141. The molecular formula is C17H20O. The van der Waals surface area contributed by atoms with E-state index < -0.39 is 0 Å². The molecule has 2 bridgehead atoms. The van der Waals surface area contributed by atoms with Crippen LogP contribution in [-0.2, 0) is 4.79 Å². The molecule has 1 aromatic rings. The molecule has 94 valence electrons. The fraction of sp³-hybridized carbons (Fsp3) is 0.471. The molecule has 0 aliphatic heterocycles. The van der Waals surface area contributed by atoms with E-state index in [4.69, 9.17) is 0 Å². The van der Waals surface area contributed by atoms with Gasteiger partial charge in [-0.3, -0.25) is 4.79 Å². The highest BCUT2D eigenvalue weighted by Crippen LogP contribution is 2.65. The summed E-state index contributed by atoms with van der Waals surface area (Å²) >= 11 is 0. The van der Waals surface area contributed by atoms with Gasteiger partial charge < -0.3 is 0 Å². The molecule has 2 aliphatic rings. The second-order valence-electron chi connectivity index (χ2n) is 6.48. The van der Waals surface area contributed by atoms with Crippen molar-refractivity contribution in [1.82, 2.24) is 0 Å². The first-order valence-corrected chi connectivity index (χ1v) is 6.78. The van der Waals surface area contributed by atoms with Crippen LogP contribution in [0.2, 0.25) is 0 Å². The van der Waals surface area contributed by atoms with E-state index in [2.05, 4.69) is 39.0 Å². The van der Waals surface area contributed by atoms with Crippen LogP contribution in [0.5, 0.6) is 0 Å². The molecule has 2 saturated carbocycles. The first-order valence-electron chi connectivity index (χ1n) is 6.78. The standard InChI is InChI=1S/C17H20O/c1-16(2)14-9-10-17(16,3)15(18)13(14)11-12-7-5-4-6-8-12/h4-8,11,14H,9-10H2,1-3H3/b13-11+/t14-,17+/m0/s1. The third kappa shape index (κ3) is 1.31. The number of Topliss-reactive ketones (excluding diaryl/α,β-unsaturated/α-hetero) is 1. The Bertz CT molecular complexity index is 524. The maximum absolute atomic E-state index is 12.6. The van der Waals surface area contributed by atoms with Crippen LogP contribution in [0.4, 0.5) is 0 Å². The summed E-state index contributed by atoms with van der Waals surface area (Å²) in [6, 6.07) is 10.2. The van der Waals surface area contributed by atoms with Crippen LogP contribution in [-0.4, -0.2) is 5.78 Å². The van der Waals surface area contributed by atoms with Crippen molar-refractivity contribution in [1.29, 1.82) is 0 Å². The summed E-state index contributed by atoms with van der Waals surface area (Å²) in [6.45, 7) is 6.67. The van der Waals surface area contributed by atoms with Gasteiger partial charge in [-0.1, -0.05) is 51.1 Å². The van der Waals surface area contributed by atoms with Gasteiger partial charge in [-0.25, -0.2) is 0 Å². The predicted molar refractivity (Wildman–Crippen MR) is 74.0 cm³/mol. The molecule has 2 aliphatic carbocycles. The molecule has 0 unspecified atom stereocenters. The van der Waals surface area contributed by atoms with E-state index in [1.54, 1.807) is 0 Å². The van der Waals surface area contributed by atoms with Crippen LogP contribution in [0, 0.1) is 16.7 Å². The number of carbonyl (C=O) groups excluding carboxylic acids is 1. The molecular weight excluding hydrogens is 220 g/mol. The number of rotatable bonds is 1. The van der Waals surface area contributed by atoms with E-state index in [0.717, 1.165) is 24.0 Å². The highest BCUT2D eigenvalue weighted by Gasteiger charge is 2.63. The van der Waals surface area contributed by atoms with Crippen molar-refractivity contribution in [2.45, 2.75) is 33.6 Å². The first-order chi connectivity index (χ1) is 8.47. The molecule has 3 rings (SSSR count). The van der Waals surface area contributed by atoms with Gasteiger partial charge in [0.15, 0.2) is 5.78 Å². The Labute approximate surface area is 109 Å². The van der Waals surface area contributed by atoms with E-state index in [-0.39, 0.29) is 10.8 Å². The van der Waals surface area contributed by atoms with Gasteiger partial charge in [0.1, 0.15) is 0 Å². The molecule has 0 radical (unpaired) electrons. The molecule has 0 amide bonds. The lowest BCUT2D eigenvalue weighted by Crippen LogP contribution is -2.32. The Hall–Kier alpha value is -1.37. The van der Waals surface area contributed by atoms with Crippen molar-refractivity contribution in [2.24, 2.45) is 16.7 Å². The topological polar surface area (TPSA) is 17.1 Å². The van der Waals surface area contributed by atoms with Crippen molar-refractivity contribution in [2.75, 3.05) is 0 Å². The first kappa shape index (κ1) is 11.7. The molecule has 1 aromatic carbocycles. The van der Waals surface area contributed by atoms with Gasteiger partial charge in [-0.2, -0.15) is 0 Å². The van der Waals surface area contributed by atoms with E-state index in [1.165, 1.54) is 0 Å². The zero-order chi connectivity index (χ0) is 13.0. The highest BCUT2D eigenvalue weighted by atomic mass is 16.1. The molecule has 2 atom stereocenters. The van der Waals surface area contributed by atoms with Crippen LogP contribution < -0.4 is 0 Å². The molecule has 18 heavy (non-hydrogen) atoms. The van der Waals surface area contributed by atoms with Crippen LogP contribution >= 0.6 is 0 Å². The zero-order valence-corrected chi connectivity index (χ0v) is 11.4. The van der Waals surface area contributed by atoms with Gasteiger partial charge in [-0.05, 0) is 41.4 Å². The van der Waals surface area contributed by atoms with Crippen molar-refractivity contribution in [3.63, 3.8) is 0 Å².